The second-order valence-corrected chi connectivity index (χ2v) is 0. The van der Waals surface area contributed by atoms with Crippen molar-refractivity contribution in [2.24, 2.45) is 0 Å². The maximum absolute atomic E-state index is 0. The van der Waals surface area contributed by atoms with Crippen molar-refractivity contribution < 1.29 is 90.6 Å². The molecule has 0 N–H and O–H groups in total. The molecule has 0 aromatic carbocycles. The standard InChI is InChI=1S/BH3.Fe.Nd.Y/h1H3;;;. The minimum atomic E-state index is 0. The Labute approximate surface area is 96.7 Å². The van der Waals surface area contributed by atoms with Gasteiger partial charge < -0.3 is 0 Å². The molecule has 0 aliphatic carbocycles. The van der Waals surface area contributed by atoms with Gasteiger partial charge in [-0.15, -0.1) is 0 Å². The van der Waals surface area contributed by atoms with Gasteiger partial charge in [0.25, 0.3) is 0 Å². The maximum atomic E-state index is 0. The van der Waals surface area contributed by atoms with Crippen LogP contribution in [-0.4, -0.2) is 8.41 Å². The number of hydrogen-bond donors (Lipinski definition) is 0. The SMILES string of the molecule is B.[Fe].[Nd].[Y]. The molecule has 0 aromatic heterocycles. The van der Waals surface area contributed by atoms with Gasteiger partial charge in [0.2, 0.25) is 0 Å². The molecule has 4 heteroatoms. The van der Waals surface area contributed by atoms with E-state index >= 15 is 0 Å². The quantitative estimate of drug-likeness (QED) is 0.494. The molecule has 0 unspecified atom stereocenters. The van der Waals surface area contributed by atoms with Crippen LogP contribution in [0, 0.1) is 40.8 Å². The molecule has 1 radical (unpaired) electrons. The molecule has 0 spiro atoms. The predicted molar refractivity (Wildman–Crippen MR) is 9.94 cm³/mol. The third-order valence-electron chi connectivity index (χ3n) is 0. The van der Waals surface area contributed by atoms with Gasteiger partial charge in [-0.2, -0.15) is 0 Å². The Morgan fingerprint density at radius 1 is 1.00 bits per heavy atom. The summed E-state index contributed by atoms with van der Waals surface area (Å²) in [7, 11) is 0. The Morgan fingerprint density at radius 2 is 1.00 bits per heavy atom. The molecule has 4 heavy (non-hydrogen) atoms. The normalized spacial score (nSPS) is 0. The Kier molecular flexibility index (Phi) is 115. The largest absolute Gasteiger partial charge is 0.0814 e. The third-order valence-corrected chi connectivity index (χ3v) is 0. The third kappa shape index (κ3) is 8.90. The van der Waals surface area contributed by atoms with Crippen LogP contribution in [0.25, 0.3) is 0 Å². The zero-order valence-electron chi connectivity index (χ0n) is 1.43. The van der Waals surface area contributed by atoms with Crippen molar-refractivity contribution in [2.45, 2.75) is 0 Å². The molecule has 0 bridgehead atoms. The van der Waals surface area contributed by atoms with Gasteiger partial charge >= 0.3 is 0 Å². The summed E-state index contributed by atoms with van der Waals surface area (Å²) in [5.41, 5.74) is 0. The van der Waals surface area contributed by atoms with Crippen molar-refractivity contribution in [1.29, 1.82) is 0 Å². The van der Waals surface area contributed by atoms with E-state index in [1.165, 1.54) is 0 Å². The van der Waals surface area contributed by atoms with Crippen molar-refractivity contribution in [3.63, 3.8) is 0 Å². The van der Waals surface area contributed by atoms with E-state index in [2.05, 4.69) is 0 Å². The first kappa shape index (κ1) is 27.8. The second-order valence-electron chi connectivity index (χ2n) is 0. The van der Waals surface area contributed by atoms with Gasteiger partial charge in [-0.3, -0.25) is 0 Å². The van der Waals surface area contributed by atoms with Crippen molar-refractivity contribution >= 4 is 8.41 Å². The Bertz CT molecular complexity index is 8.00. The zero-order valence-corrected chi connectivity index (χ0v) is 8.58. The van der Waals surface area contributed by atoms with Gasteiger partial charge in [0.15, 0.2) is 0 Å². The van der Waals surface area contributed by atoms with Gasteiger partial charge in [-0.05, 0) is 0 Å². The summed E-state index contributed by atoms with van der Waals surface area (Å²) in [4.78, 5) is 0. The summed E-state index contributed by atoms with van der Waals surface area (Å²) in [6, 6.07) is 0. The first-order chi connectivity index (χ1) is 0. The fourth-order valence-electron chi connectivity index (χ4n) is 0. The summed E-state index contributed by atoms with van der Waals surface area (Å²) in [6.45, 7) is 0. The average Bonchev–Trinajstić information content (AvgIpc) is 0. The van der Waals surface area contributed by atoms with Crippen LogP contribution < -0.4 is 0 Å². The second kappa shape index (κ2) is 16.6. The van der Waals surface area contributed by atoms with Crippen molar-refractivity contribution in [3.8, 4) is 0 Å². The molecule has 0 saturated carbocycles. The van der Waals surface area contributed by atoms with Crippen molar-refractivity contribution in [3.05, 3.63) is 0 Å². The van der Waals surface area contributed by atoms with E-state index in [9.17, 15) is 0 Å². The number of rotatable bonds is 0. The number of hydrogen-bond acceptors (Lipinski definition) is 0. The van der Waals surface area contributed by atoms with E-state index in [0.717, 1.165) is 0 Å². The van der Waals surface area contributed by atoms with E-state index < -0.39 is 0 Å². The van der Waals surface area contributed by atoms with E-state index in [-0.39, 0.29) is 99.0 Å². The topological polar surface area (TPSA) is 0 Å². The van der Waals surface area contributed by atoms with Crippen LogP contribution in [0.3, 0.4) is 0 Å². The first-order valence-corrected chi connectivity index (χ1v) is 0. The van der Waals surface area contributed by atoms with Gasteiger partial charge in [0.05, 0.1) is 8.41 Å². The molecule has 21 valence electrons. The summed E-state index contributed by atoms with van der Waals surface area (Å²) < 4.78 is 0. The minimum absolute atomic E-state index is 0. The maximum Gasteiger partial charge on any atom is 0.0814 e. The average molecular weight is 303 g/mol. The van der Waals surface area contributed by atoms with Crippen LogP contribution in [0.4, 0.5) is 0 Å². The van der Waals surface area contributed by atoms with E-state index in [4.69, 9.17) is 0 Å². The summed E-state index contributed by atoms with van der Waals surface area (Å²) in [5.74, 6) is 0. The first-order valence-electron chi connectivity index (χ1n) is 0. The van der Waals surface area contributed by atoms with Crippen LogP contribution >= 0.6 is 0 Å². The van der Waals surface area contributed by atoms with Crippen molar-refractivity contribution in [1.82, 2.24) is 0 Å². The summed E-state index contributed by atoms with van der Waals surface area (Å²) >= 11 is 0. The Morgan fingerprint density at radius 3 is 1.00 bits per heavy atom. The molecule has 0 nitrogen and oxygen atoms in total. The molecule has 0 aliphatic rings. The van der Waals surface area contributed by atoms with Crippen molar-refractivity contribution in [2.75, 3.05) is 0 Å². The molecule has 0 aliphatic heterocycles. The fourth-order valence-corrected chi connectivity index (χ4v) is 0. The fraction of sp³-hybridized carbons (Fsp3) is 0. The Balaban J connectivity index is 0. The smallest absolute Gasteiger partial charge is 0 e. The van der Waals surface area contributed by atoms with Crippen LogP contribution in [0.2, 0.25) is 0 Å². The van der Waals surface area contributed by atoms with Gasteiger partial charge in [-0.1, -0.05) is 0 Å². The zero-order chi connectivity index (χ0) is 0. The van der Waals surface area contributed by atoms with Crippen LogP contribution in [0.5, 0.6) is 0 Å². The minimum Gasteiger partial charge on any atom is 0 e. The molecule has 0 saturated heterocycles. The van der Waals surface area contributed by atoms with Crippen LogP contribution in [0.1, 0.15) is 0 Å². The van der Waals surface area contributed by atoms with Crippen LogP contribution in [-0.2, 0) is 49.8 Å². The van der Waals surface area contributed by atoms with E-state index in [0.29, 0.717) is 0 Å². The van der Waals surface area contributed by atoms with Gasteiger partial charge in [0, 0.05) is 90.6 Å². The summed E-state index contributed by atoms with van der Waals surface area (Å²) in [6.07, 6.45) is 0. The molecule has 0 aromatic rings. The predicted octanol–water partition coefficient (Wildman–Crippen LogP) is -1.19. The van der Waals surface area contributed by atoms with Crippen LogP contribution in [0.15, 0.2) is 0 Å². The molecule has 0 amide bonds. The monoisotopic (exact) mass is 301 g/mol. The Hall–Kier alpha value is 3.04. The molecule has 0 rings (SSSR count). The molecular weight excluding hydrogens is 300 g/mol. The van der Waals surface area contributed by atoms with E-state index in [1.54, 1.807) is 0 Å². The molecule has 0 heterocycles. The van der Waals surface area contributed by atoms with E-state index in [1.807, 2.05) is 0 Å². The molecule has 0 fully saturated rings. The molecular formula is H3BFeNdY. The molecule has 0 atom stereocenters. The summed E-state index contributed by atoms with van der Waals surface area (Å²) in [5, 5.41) is 0. The van der Waals surface area contributed by atoms with Gasteiger partial charge in [0.1, 0.15) is 0 Å². The van der Waals surface area contributed by atoms with Gasteiger partial charge in [-0.25, -0.2) is 0 Å².